The van der Waals surface area contributed by atoms with E-state index in [0.717, 1.165) is 55.4 Å². The number of amidine groups is 2. The van der Waals surface area contributed by atoms with Gasteiger partial charge in [0, 0.05) is 42.1 Å². The van der Waals surface area contributed by atoms with Gasteiger partial charge in [-0.1, -0.05) is 140 Å². The number of fused-ring (bicyclic) bond motifs is 7. The lowest BCUT2D eigenvalue weighted by atomic mass is 9.99. The SMILES string of the molecule is c1ccc(-c2ccc3ccc(C4=NC(c5cccc6oc7cc(-c8cccc9c8sc8ccccc89)ccc7c56)=NC(c5ccccc5)N4)cc3c2)cc1. The Bertz CT molecular complexity index is 3140. The highest BCUT2D eigenvalue weighted by atomic mass is 32.1. The highest BCUT2D eigenvalue weighted by Gasteiger charge is 2.24. The predicted octanol–water partition coefficient (Wildman–Crippen LogP) is 12.9. The lowest BCUT2D eigenvalue weighted by Gasteiger charge is -2.24. The molecule has 1 unspecified atom stereocenters. The van der Waals surface area contributed by atoms with E-state index in [2.05, 4.69) is 163 Å². The average molecular weight is 710 g/mol. The van der Waals surface area contributed by atoms with E-state index in [1.165, 1.54) is 42.2 Å². The molecular formula is C49H31N3OS. The van der Waals surface area contributed by atoms with Gasteiger partial charge >= 0.3 is 0 Å². The van der Waals surface area contributed by atoms with Gasteiger partial charge in [0.1, 0.15) is 23.2 Å². The molecular weight excluding hydrogens is 679 g/mol. The van der Waals surface area contributed by atoms with E-state index in [4.69, 9.17) is 14.4 Å². The minimum Gasteiger partial charge on any atom is -0.456 e. The van der Waals surface area contributed by atoms with Crippen molar-refractivity contribution in [2.45, 2.75) is 6.17 Å². The molecule has 254 valence electrons. The summed E-state index contributed by atoms with van der Waals surface area (Å²) in [5.74, 6) is 1.45. The third-order valence-electron chi connectivity index (χ3n) is 10.5. The second kappa shape index (κ2) is 12.4. The van der Waals surface area contributed by atoms with Crippen molar-refractivity contribution in [2.75, 3.05) is 0 Å². The molecule has 1 aliphatic heterocycles. The van der Waals surface area contributed by atoms with Gasteiger partial charge in [-0.05, 0) is 75.0 Å². The van der Waals surface area contributed by atoms with Crippen LogP contribution >= 0.6 is 11.3 Å². The molecule has 1 atom stereocenters. The maximum Gasteiger partial charge on any atom is 0.160 e. The Labute approximate surface area is 315 Å². The fraction of sp³-hybridized carbons (Fsp3) is 0.0204. The van der Waals surface area contributed by atoms with Gasteiger partial charge < -0.3 is 9.73 Å². The number of hydrogen-bond donors (Lipinski definition) is 1. The van der Waals surface area contributed by atoms with Crippen molar-refractivity contribution in [2.24, 2.45) is 9.98 Å². The topological polar surface area (TPSA) is 49.9 Å². The van der Waals surface area contributed by atoms with E-state index in [-0.39, 0.29) is 6.17 Å². The largest absolute Gasteiger partial charge is 0.456 e. The molecule has 1 aliphatic rings. The summed E-state index contributed by atoms with van der Waals surface area (Å²) < 4.78 is 9.21. The minimum absolute atomic E-state index is 0.318. The molecule has 54 heavy (non-hydrogen) atoms. The fourth-order valence-electron chi connectivity index (χ4n) is 7.88. The van der Waals surface area contributed by atoms with Gasteiger partial charge in [-0.25, -0.2) is 9.98 Å². The summed E-state index contributed by atoms with van der Waals surface area (Å²) in [5, 5.41) is 10.6. The predicted molar refractivity (Wildman–Crippen MR) is 227 cm³/mol. The number of nitrogens with one attached hydrogen (secondary N) is 1. The Kier molecular flexibility index (Phi) is 7.07. The van der Waals surface area contributed by atoms with Crippen molar-refractivity contribution in [1.82, 2.24) is 5.32 Å². The molecule has 1 N–H and O–H groups in total. The molecule has 0 saturated carbocycles. The maximum atomic E-state index is 6.62. The van der Waals surface area contributed by atoms with Crippen molar-refractivity contribution in [3.05, 3.63) is 193 Å². The molecule has 0 saturated heterocycles. The molecule has 11 rings (SSSR count). The quantitative estimate of drug-likeness (QED) is 0.193. The van der Waals surface area contributed by atoms with Crippen molar-refractivity contribution < 1.29 is 4.42 Å². The molecule has 5 heteroatoms. The molecule has 0 aliphatic carbocycles. The van der Waals surface area contributed by atoms with Crippen molar-refractivity contribution >= 4 is 75.9 Å². The van der Waals surface area contributed by atoms with Crippen LogP contribution in [0.1, 0.15) is 22.9 Å². The van der Waals surface area contributed by atoms with Gasteiger partial charge in [0.25, 0.3) is 0 Å². The Morgan fingerprint density at radius 2 is 1.22 bits per heavy atom. The standard InChI is InChI=1S/C49H31N3OS/c1-3-11-30(12-4-1)33-23-21-31-22-24-35(28-36(31)27-33)48-50-47(32-13-5-2-6-14-32)51-49(52-48)41-18-10-19-42-45(41)40-26-25-34(29-43(40)53-42)37-16-9-17-39-38-15-7-8-20-44(38)54-46(37)39/h1-29,47H,(H,50,51,52). The van der Waals surface area contributed by atoms with Crippen LogP contribution in [-0.2, 0) is 0 Å². The van der Waals surface area contributed by atoms with Crippen molar-refractivity contribution in [3.63, 3.8) is 0 Å². The summed E-state index contributed by atoms with van der Waals surface area (Å²) in [6, 6.07) is 62.1. The first-order valence-electron chi connectivity index (χ1n) is 18.2. The zero-order valence-electron chi connectivity index (χ0n) is 29.0. The van der Waals surface area contributed by atoms with E-state index >= 15 is 0 Å². The van der Waals surface area contributed by atoms with Crippen LogP contribution in [0, 0.1) is 0 Å². The monoisotopic (exact) mass is 709 g/mol. The smallest absolute Gasteiger partial charge is 0.160 e. The van der Waals surface area contributed by atoms with E-state index in [1.807, 2.05) is 29.5 Å². The van der Waals surface area contributed by atoms with E-state index in [0.29, 0.717) is 5.84 Å². The summed E-state index contributed by atoms with van der Waals surface area (Å²) in [7, 11) is 0. The molecule has 0 fully saturated rings. The second-order valence-electron chi connectivity index (χ2n) is 13.8. The number of furan rings is 1. The molecule has 2 aromatic heterocycles. The lowest BCUT2D eigenvalue weighted by molar-refractivity contribution is 0.668. The first kappa shape index (κ1) is 30.8. The highest BCUT2D eigenvalue weighted by molar-refractivity contribution is 7.26. The molecule has 8 aromatic carbocycles. The van der Waals surface area contributed by atoms with Crippen LogP contribution in [0.5, 0.6) is 0 Å². The molecule has 0 amide bonds. The number of benzene rings is 8. The van der Waals surface area contributed by atoms with Crippen LogP contribution < -0.4 is 5.32 Å². The summed E-state index contributed by atoms with van der Waals surface area (Å²) in [6.45, 7) is 0. The van der Waals surface area contributed by atoms with Crippen LogP contribution in [0.4, 0.5) is 0 Å². The van der Waals surface area contributed by atoms with E-state index in [1.54, 1.807) is 0 Å². The average Bonchev–Trinajstić information content (AvgIpc) is 3.82. The number of hydrogen-bond acceptors (Lipinski definition) is 5. The molecule has 3 heterocycles. The molecule has 4 nitrogen and oxygen atoms in total. The van der Waals surface area contributed by atoms with Gasteiger partial charge in [0.15, 0.2) is 5.84 Å². The molecule has 0 bridgehead atoms. The number of thiophene rings is 1. The lowest BCUT2D eigenvalue weighted by Crippen LogP contribution is -2.33. The highest BCUT2D eigenvalue weighted by Crippen LogP contribution is 2.42. The summed E-state index contributed by atoms with van der Waals surface area (Å²) in [5.41, 5.74) is 9.40. The van der Waals surface area contributed by atoms with Gasteiger partial charge in [0.2, 0.25) is 0 Å². The Morgan fingerprint density at radius 3 is 2.11 bits per heavy atom. The first-order chi connectivity index (χ1) is 26.7. The van der Waals surface area contributed by atoms with Gasteiger partial charge in [0.05, 0.1) is 0 Å². The second-order valence-corrected chi connectivity index (χ2v) is 14.8. The van der Waals surface area contributed by atoms with Crippen LogP contribution in [0.3, 0.4) is 0 Å². The fourth-order valence-corrected chi connectivity index (χ4v) is 9.12. The third kappa shape index (κ3) is 5.12. The van der Waals surface area contributed by atoms with Crippen LogP contribution in [0.15, 0.2) is 190 Å². The van der Waals surface area contributed by atoms with Crippen molar-refractivity contribution in [1.29, 1.82) is 0 Å². The normalized spacial score (nSPS) is 14.5. The van der Waals surface area contributed by atoms with Gasteiger partial charge in [-0.15, -0.1) is 11.3 Å². The zero-order chi connectivity index (χ0) is 35.6. The van der Waals surface area contributed by atoms with Crippen molar-refractivity contribution in [3.8, 4) is 22.3 Å². The number of rotatable bonds is 5. The van der Waals surface area contributed by atoms with Crippen LogP contribution in [0.25, 0.3) is 75.1 Å². The summed E-state index contributed by atoms with van der Waals surface area (Å²) in [6.07, 6.45) is -0.318. The minimum atomic E-state index is -0.318. The number of nitrogens with zero attached hydrogens (tertiary/aromatic N) is 2. The first-order valence-corrected chi connectivity index (χ1v) is 19.0. The molecule has 0 spiro atoms. The Balaban J connectivity index is 1.04. The summed E-state index contributed by atoms with van der Waals surface area (Å²) in [4.78, 5) is 10.5. The number of aliphatic imine (C=N–C) groups is 2. The maximum absolute atomic E-state index is 6.62. The molecule has 10 aromatic rings. The van der Waals surface area contributed by atoms with E-state index < -0.39 is 0 Å². The van der Waals surface area contributed by atoms with E-state index in [9.17, 15) is 0 Å². The summed E-state index contributed by atoms with van der Waals surface area (Å²) >= 11 is 1.84. The zero-order valence-corrected chi connectivity index (χ0v) is 29.8. The third-order valence-corrected chi connectivity index (χ3v) is 11.8. The Hall–Kier alpha value is -6.82. The van der Waals surface area contributed by atoms with Crippen LogP contribution in [-0.4, -0.2) is 11.7 Å². The van der Waals surface area contributed by atoms with Gasteiger partial charge in [-0.3, -0.25) is 0 Å². The van der Waals surface area contributed by atoms with Gasteiger partial charge in [-0.2, -0.15) is 0 Å². The Morgan fingerprint density at radius 1 is 0.500 bits per heavy atom. The van der Waals surface area contributed by atoms with Crippen LogP contribution in [0.2, 0.25) is 0 Å². The molecule has 0 radical (unpaired) electrons.